The number of nitrogens with zero attached hydrogens (tertiary/aromatic N) is 4. The number of nitrogens with one attached hydrogen (secondary N) is 1. The zero-order valence-corrected chi connectivity index (χ0v) is 26.1. The average molecular weight is 608 g/mol. The Bertz CT molecular complexity index is 1680. The Kier molecular flexibility index (Phi) is 7.80. The molecule has 0 spiro atoms. The first-order chi connectivity index (χ1) is 20.5. The molecule has 2 saturated heterocycles. The Labute approximate surface area is 254 Å². The zero-order valence-electron chi connectivity index (χ0n) is 25.3. The van der Waals surface area contributed by atoms with Gasteiger partial charge in [-0.05, 0) is 83.9 Å². The fraction of sp³-hybridized carbons (Fsp3) is 0.469. The molecule has 11 heteroatoms. The lowest BCUT2D eigenvalue weighted by Gasteiger charge is -2.29. The Morgan fingerprint density at radius 3 is 2.56 bits per heavy atom. The third-order valence-electron chi connectivity index (χ3n) is 8.29. The number of benzene rings is 2. The number of aromatic nitrogens is 2. The molecule has 4 heterocycles. The third-order valence-corrected chi connectivity index (χ3v) is 9.31. The number of carbonyl (C=O) groups is 2. The molecule has 228 valence electrons. The van der Waals surface area contributed by atoms with Crippen LogP contribution in [0.15, 0.2) is 36.5 Å². The number of amides is 2. The number of rotatable bonds is 5. The summed E-state index contributed by atoms with van der Waals surface area (Å²) in [6.45, 7) is 8.54. The molecule has 0 aliphatic carbocycles. The minimum atomic E-state index is -0.555. The van der Waals surface area contributed by atoms with Crippen molar-refractivity contribution in [1.82, 2.24) is 24.5 Å². The van der Waals surface area contributed by atoms with Crippen LogP contribution < -0.4 is 10.1 Å². The van der Waals surface area contributed by atoms with Crippen LogP contribution in [0.4, 0.5) is 9.18 Å². The molecule has 0 saturated carbocycles. The molecule has 1 atom stereocenters. The molecule has 1 N–H and O–H groups in total. The molecule has 2 aliphatic rings. The Morgan fingerprint density at radius 1 is 1.09 bits per heavy atom. The number of imidazole rings is 1. The number of ether oxygens (including phenoxy) is 2. The van der Waals surface area contributed by atoms with E-state index in [1.807, 2.05) is 49.6 Å². The fourth-order valence-corrected chi connectivity index (χ4v) is 6.96. The summed E-state index contributed by atoms with van der Waals surface area (Å²) in [7, 11) is 3.65. The number of likely N-dealkylation sites (tertiary alicyclic amines) is 2. The first kappa shape index (κ1) is 29.4. The summed E-state index contributed by atoms with van der Waals surface area (Å²) in [5.41, 5.74) is 2.59. The Balaban J connectivity index is 1.21. The van der Waals surface area contributed by atoms with Gasteiger partial charge in [-0.25, -0.2) is 14.2 Å². The highest BCUT2D eigenvalue weighted by Crippen LogP contribution is 2.36. The number of carbonyl (C=O) groups excluding carboxylic acids is 2. The number of thiazole rings is 1. The summed E-state index contributed by atoms with van der Waals surface area (Å²) in [6, 6.07) is 9.10. The Morgan fingerprint density at radius 2 is 1.86 bits per heavy atom. The van der Waals surface area contributed by atoms with Crippen molar-refractivity contribution >= 4 is 38.5 Å². The SMILES string of the molecule is COc1cc2c(cc1C(=O)NC1CCN(C)CC1)sc1nc(-c3ccc(C4CCN(C(=O)OC(C)(C)C)C4)cc3F)cn12. The molecular formula is C32H38FN5O4S. The molecule has 0 radical (unpaired) electrons. The minimum Gasteiger partial charge on any atom is -0.496 e. The minimum absolute atomic E-state index is 0.0452. The quantitative estimate of drug-likeness (QED) is 0.304. The van der Waals surface area contributed by atoms with Gasteiger partial charge in [0.2, 0.25) is 0 Å². The van der Waals surface area contributed by atoms with Crippen LogP contribution in [-0.2, 0) is 4.74 Å². The number of hydrogen-bond donors (Lipinski definition) is 1. The largest absolute Gasteiger partial charge is 0.496 e. The predicted molar refractivity (Wildman–Crippen MR) is 166 cm³/mol. The van der Waals surface area contributed by atoms with Crippen molar-refractivity contribution in [1.29, 1.82) is 0 Å². The van der Waals surface area contributed by atoms with Crippen LogP contribution in [0.5, 0.6) is 5.75 Å². The summed E-state index contributed by atoms with van der Waals surface area (Å²) < 4.78 is 29.4. The van der Waals surface area contributed by atoms with Crippen LogP contribution in [0.3, 0.4) is 0 Å². The van der Waals surface area contributed by atoms with Gasteiger partial charge in [0, 0.05) is 42.9 Å². The standard InChI is InChI=1S/C32H38FN5O4S/c1-32(2,3)42-31(40)37-13-8-20(17-37)19-6-7-22(24(33)14-19)25-18-38-26-16-27(41-5)23(15-28(26)43-30(38)35-25)29(39)34-21-9-11-36(4)12-10-21/h6-7,14-16,18,20-21H,8-13,17H2,1-5H3,(H,34,39). The summed E-state index contributed by atoms with van der Waals surface area (Å²) >= 11 is 1.45. The van der Waals surface area contributed by atoms with E-state index >= 15 is 4.39 Å². The van der Waals surface area contributed by atoms with Crippen LogP contribution >= 0.6 is 11.3 Å². The van der Waals surface area contributed by atoms with Crippen LogP contribution in [0.1, 0.15) is 61.9 Å². The van der Waals surface area contributed by atoms with Crippen molar-refractivity contribution < 1.29 is 23.5 Å². The topological polar surface area (TPSA) is 88.4 Å². The van der Waals surface area contributed by atoms with Gasteiger partial charge in [0.05, 0.1) is 28.6 Å². The van der Waals surface area contributed by atoms with Gasteiger partial charge in [0.15, 0.2) is 4.96 Å². The summed E-state index contributed by atoms with van der Waals surface area (Å²) in [4.78, 5) is 35.0. The van der Waals surface area contributed by atoms with Gasteiger partial charge >= 0.3 is 6.09 Å². The zero-order chi connectivity index (χ0) is 30.5. The maximum absolute atomic E-state index is 15.5. The van der Waals surface area contributed by atoms with Gasteiger partial charge in [-0.3, -0.25) is 9.20 Å². The molecule has 2 aromatic heterocycles. The van der Waals surface area contributed by atoms with Crippen LogP contribution in [0.25, 0.3) is 26.4 Å². The first-order valence-electron chi connectivity index (χ1n) is 14.8. The molecule has 43 heavy (non-hydrogen) atoms. The molecule has 2 aliphatic heterocycles. The summed E-state index contributed by atoms with van der Waals surface area (Å²) in [6.07, 6.45) is 4.09. The highest BCUT2D eigenvalue weighted by atomic mass is 32.1. The van der Waals surface area contributed by atoms with E-state index in [1.54, 1.807) is 24.1 Å². The van der Waals surface area contributed by atoms with Crippen LogP contribution in [0.2, 0.25) is 0 Å². The van der Waals surface area contributed by atoms with E-state index in [1.165, 1.54) is 11.3 Å². The summed E-state index contributed by atoms with van der Waals surface area (Å²) in [5, 5.41) is 3.17. The van der Waals surface area contributed by atoms with Gasteiger partial charge in [0.25, 0.3) is 5.91 Å². The molecule has 2 aromatic carbocycles. The molecule has 6 rings (SSSR count). The van der Waals surface area contributed by atoms with E-state index in [4.69, 9.17) is 14.5 Å². The smallest absolute Gasteiger partial charge is 0.410 e. The molecule has 2 amide bonds. The number of halogens is 1. The molecule has 2 fully saturated rings. The maximum Gasteiger partial charge on any atom is 0.410 e. The van der Waals surface area contributed by atoms with Crippen molar-refractivity contribution in [2.45, 2.75) is 57.6 Å². The molecule has 1 unspecified atom stereocenters. The molecule has 0 bridgehead atoms. The average Bonchev–Trinajstić information content (AvgIpc) is 3.68. The Hall–Kier alpha value is -3.70. The number of methoxy groups -OCH3 is 1. The molecule has 9 nitrogen and oxygen atoms in total. The van der Waals surface area contributed by atoms with E-state index in [0.29, 0.717) is 40.6 Å². The lowest BCUT2D eigenvalue weighted by atomic mass is 9.96. The van der Waals surface area contributed by atoms with E-state index in [-0.39, 0.29) is 29.8 Å². The second-order valence-electron chi connectivity index (χ2n) is 12.6. The highest BCUT2D eigenvalue weighted by Gasteiger charge is 2.31. The number of hydrogen-bond acceptors (Lipinski definition) is 7. The second-order valence-corrected chi connectivity index (χ2v) is 13.6. The lowest BCUT2D eigenvalue weighted by Crippen LogP contribution is -2.43. The van der Waals surface area contributed by atoms with Crippen molar-refractivity contribution in [2.24, 2.45) is 0 Å². The van der Waals surface area contributed by atoms with Crippen molar-refractivity contribution in [3.63, 3.8) is 0 Å². The van der Waals surface area contributed by atoms with Crippen molar-refractivity contribution in [3.05, 3.63) is 53.5 Å². The van der Waals surface area contributed by atoms with Crippen molar-refractivity contribution in [3.8, 4) is 17.0 Å². The van der Waals surface area contributed by atoms with Gasteiger partial charge < -0.3 is 24.6 Å². The third kappa shape index (κ3) is 6.05. The normalized spacial score (nSPS) is 18.5. The second kappa shape index (κ2) is 11.4. The van der Waals surface area contributed by atoms with Gasteiger partial charge in [-0.2, -0.15) is 0 Å². The number of fused-ring (bicyclic) bond motifs is 3. The van der Waals surface area contributed by atoms with Crippen LogP contribution in [-0.4, -0.2) is 83.2 Å². The molecule has 4 aromatic rings. The lowest BCUT2D eigenvalue weighted by molar-refractivity contribution is 0.0292. The van der Waals surface area contributed by atoms with E-state index in [9.17, 15) is 9.59 Å². The first-order valence-corrected chi connectivity index (χ1v) is 15.6. The van der Waals surface area contributed by atoms with Crippen molar-refractivity contribution in [2.75, 3.05) is 40.3 Å². The van der Waals surface area contributed by atoms with E-state index < -0.39 is 5.60 Å². The summed E-state index contributed by atoms with van der Waals surface area (Å²) in [5.74, 6) is 0.0385. The predicted octanol–water partition coefficient (Wildman–Crippen LogP) is 5.91. The highest BCUT2D eigenvalue weighted by molar-refractivity contribution is 7.23. The molecular weight excluding hydrogens is 569 g/mol. The van der Waals surface area contributed by atoms with Crippen LogP contribution in [0, 0.1) is 5.82 Å². The van der Waals surface area contributed by atoms with E-state index in [0.717, 1.165) is 48.1 Å². The maximum atomic E-state index is 15.5. The van der Waals surface area contributed by atoms with Gasteiger partial charge in [0.1, 0.15) is 17.2 Å². The number of piperidine rings is 1. The van der Waals surface area contributed by atoms with E-state index in [2.05, 4.69) is 17.3 Å². The van der Waals surface area contributed by atoms with Gasteiger partial charge in [-0.15, -0.1) is 0 Å². The monoisotopic (exact) mass is 607 g/mol. The fourth-order valence-electron chi connectivity index (χ4n) is 5.94. The van der Waals surface area contributed by atoms with Gasteiger partial charge in [-0.1, -0.05) is 17.4 Å².